The second-order valence-corrected chi connectivity index (χ2v) is 7.45. The highest BCUT2D eigenvalue weighted by atomic mass is 16.5. The number of ether oxygens (including phenoxy) is 1. The van der Waals surface area contributed by atoms with Gasteiger partial charge >= 0.3 is 0 Å². The summed E-state index contributed by atoms with van der Waals surface area (Å²) >= 11 is 0. The molecule has 0 fully saturated rings. The highest BCUT2D eigenvalue weighted by Gasteiger charge is 2.32. The summed E-state index contributed by atoms with van der Waals surface area (Å²) in [5.74, 6) is 0.481. The lowest BCUT2D eigenvalue weighted by Gasteiger charge is -2.35. The lowest BCUT2D eigenvalue weighted by Crippen LogP contribution is -2.35. The molecule has 6 nitrogen and oxygen atoms in total. The maximum atomic E-state index is 13.0. The molecule has 2 aliphatic heterocycles. The molecule has 0 unspecified atom stereocenters. The Labute approximate surface area is 173 Å². The molecule has 0 amide bonds. The Morgan fingerprint density at radius 2 is 2.10 bits per heavy atom. The van der Waals surface area contributed by atoms with Crippen LogP contribution in [0.3, 0.4) is 0 Å². The minimum Gasteiger partial charge on any atom is -0.507 e. The van der Waals surface area contributed by atoms with Crippen molar-refractivity contribution in [1.82, 2.24) is 9.88 Å². The number of carbonyl (C=O) groups is 1. The van der Waals surface area contributed by atoms with Gasteiger partial charge in [-0.3, -0.25) is 4.79 Å². The number of allylic oxidation sites excluding steroid dienone is 2. The number of H-pyrrole nitrogens is 1. The van der Waals surface area contributed by atoms with Crippen LogP contribution in [0.2, 0.25) is 0 Å². The average Bonchev–Trinajstić information content (AvgIpc) is 3.16. The number of fused-ring (bicyclic) bond motifs is 5. The van der Waals surface area contributed by atoms with Crippen molar-refractivity contribution < 1.29 is 14.6 Å². The number of ketones is 1. The van der Waals surface area contributed by atoms with Gasteiger partial charge in [0.2, 0.25) is 0 Å². The second-order valence-electron chi connectivity index (χ2n) is 7.45. The van der Waals surface area contributed by atoms with Crippen molar-refractivity contribution in [2.24, 2.45) is 0 Å². The number of benzene rings is 2. The standard InChI is InChI=1S/C24H19N3O3/c1-30-16-6-7-20-19(11-16)17-8-9-27-13-15(10-14(12-25)23(27)22(17)26-20)24(29)18-4-2-3-5-21(18)28/h2-7,10-11,26,28H,8-9,13H2,1H3. The van der Waals surface area contributed by atoms with Gasteiger partial charge < -0.3 is 19.7 Å². The number of rotatable bonds is 3. The first kappa shape index (κ1) is 18.1. The van der Waals surface area contributed by atoms with Crippen LogP contribution in [0.25, 0.3) is 16.6 Å². The number of carbonyl (C=O) groups excluding carboxylic acids is 1. The Morgan fingerprint density at radius 1 is 1.27 bits per heavy atom. The van der Waals surface area contributed by atoms with Crippen LogP contribution in [0.5, 0.6) is 11.5 Å². The number of nitrogens with zero attached hydrogens (tertiary/aromatic N) is 2. The van der Waals surface area contributed by atoms with Gasteiger partial charge in [-0.15, -0.1) is 0 Å². The number of nitrogens with one attached hydrogen (secondary N) is 1. The zero-order valence-electron chi connectivity index (χ0n) is 16.4. The summed E-state index contributed by atoms with van der Waals surface area (Å²) in [7, 11) is 1.65. The lowest BCUT2D eigenvalue weighted by atomic mass is 9.91. The smallest absolute Gasteiger partial charge is 0.194 e. The van der Waals surface area contributed by atoms with Crippen molar-refractivity contribution in [2.45, 2.75) is 6.42 Å². The van der Waals surface area contributed by atoms with Crippen molar-refractivity contribution in [2.75, 3.05) is 20.2 Å². The number of aromatic hydroxyl groups is 1. The SMILES string of the molecule is COc1ccc2[nH]c3c(c2c1)CCN1CC(C(=O)c2ccccc2O)=CC(C#N)=C31. The summed E-state index contributed by atoms with van der Waals surface area (Å²) in [5, 5.41) is 21.0. The fourth-order valence-electron chi connectivity index (χ4n) is 4.35. The molecule has 6 heteroatoms. The van der Waals surface area contributed by atoms with Crippen LogP contribution in [-0.2, 0) is 6.42 Å². The Bertz CT molecular complexity index is 1310. The summed E-state index contributed by atoms with van der Waals surface area (Å²) in [6, 6.07) is 14.7. The molecule has 0 atom stereocenters. The topological polar surface area (TPSA) is 89.3 Å². The Hall–Kier alpha value is -3.98. The molecule has 0 spiro atoms. The van der Waals surface area contributed by atoms with Crippen molar-refractivity contribution in [3.8, 4) is 17.6 Å². The lowest BCUT2D eigenvalue weighted by molar-refractivity contribution is 0.102. The fraction of sp³-hybridized carbons (Fsp3) is 0.167. The Balaban J connectivity index is 1.64. The molecule has 0 saturated carbocycles. The van der Waals surface area contributed by atoms with Crippen LogP contribution < -0.4 is 4.74 Å². The first-order valence-electron chi connectivity index (χ1n) is 9.72. The molecule has 5 rings (SSSR count). The van der Waals surface area contributed by atoms with E-state index >= 15 is 0 Å². The van der Waals surface area contributed by atoms with E-state index in [4.69, 9.17) is 4.74 Å². The van der Waals surface area contributed by atoms with Gasteiger partial charge in [-0.25, -0.2) is 0 Å². The molecule has 3 heterocycles. The molecule has 2 aliphatic rings. The van der Waals surface area contributed by atoms with E-state index in [1.165, 1.54) is 6.07 Å². The minimum atomic E-state index is -0.257. The van der Waals surface area contributed by atoms with E-state index in [2.05, 4.69) is 16.0 Å². The van der Waals surface area contributed by atoms with E-state index in [1.807, 2.05) is 18.2 Å². The van der Waals surface area contributed by atoms with Crippen LogP contribution >= 0.6 is 0 Å². The monoisotopic (exact) mass is 397 g/mol. The minimum absolute atomic E-state index is 0.0535. The summed E-state index contributed by atoms with van der Waals surface area (Å²) in [4.78, 5) is 18.5. The van der Waals surface area contributed by atoms with Crippen LogP contribution in [-0.4, -0.2) is 41.0 Å². The number of phenolic OH excluding ortho intramolecular Hbond substituents is 1. The molecule has 0 radical (unpaired) electrons. The van der Waals surface area contributed by atoms with Crippen LogP contribution in [0.15, 0.2) is 59.7 Å². The van der Waals surface area contributed by atoms with E-state index in [0.29, 0.717) is 24.2 Å². The first-order chi connectivity index (χ1) is 14.6. The Kier molecular flexibility index (Phi) is 4.11. The van der Waals surface area contributed by atoms with Crippen molar-refractivity contribution in [3.05, 3.63) is 76.5 Å². The van der Waals surface area contributed by atoms with Gasteiger partial charge in [0, 0.05) is 29.6 Å². The van der Waals surface area contributed by atoms with Gasteiger partial charge in [-0.2, -0.15) is 5.26 Å². The molecule has 3 aromatic rings. The number of Topliss-reactive ketones (excluding diaryl/α,β-unsaturated/α-hetero) is 1. The third kappa shape index (κ3) is 2.67. The molecule has 148 valence electrons. The van der Waals surface area contributed by atoms with Crippen LogP contribution in [0.4, 0.5) is 0 Å². The summed E-state index contributed by atoms with van der Waals surface area (Å²) in [5.41, 5.74) is 5.09. The molecular weight excluding hydrogens is 378 g/mol. The first-order valence-corrected chi connectivity index (χ1v) is 9.72. The number of methoxy groups -OCH3 is 1. The van der Waals surface area contributed by atoms with E-state index in [1.54, 1.807) is 31.4 Å². The number of hydrogen-bond acceptors (Lipinski definition) is 5. The fourth-order valence-corrected chi connectivity index (χ4v) is 4.35. The maximum Gasteiger partial charge on any atom is 0.194 e. The Morgan fingerprint density at radius 3 is 2.87 bits per heavy atom. The predicted octanol–water partition coefficient (Wildman–Crippen LogP) is 3.80. The van der Waals surface area contributed by atoms with Crippen molar-refractivity contribution >= 4 is 22.4 Å². The zero-order chi connectivity index (χ0) is 20.8. The molecule has 1 aromatic heterocycles. The number of nitriles is 1. The average molecular weight is 397 g/mol. The van der Waals surface area contributed by atoms with Crippen LogP contribution in [0, 0.1) is 11.3 Å². The number of phenols is 1. The predicted molar refractivity (Wildman–Crippen MR) is 113 cm³/mol. The zero-order valence-corrected chi connectivity index (χ0v) is 16.4. The highest BCUT2D eigenvalue weighted by molar-refractivity contribution is 6.11. The molecule has 2 aromatic carbocycles. The highest BCUT2D eigenvalue weighted by Crippen LogP contribution is 2.39. The van der Waals surface area contributed by atoms with Gasteiger partial charge in [0.15, 0.2) is 5.78 Å². The van der Waals surface area contributed by atoms with Crippen molar-refractivity contribution in [1.29, 1.82) is 5.26 Å². The third-order valence-electron chi connectivity index (χ3n) is 5.79. The summed E-state index contributed by atoms with van der Waals surface area (Å²) in [6.07, 6.45) is 2.45. The van der Waals surface area contributed by atoms with Gasteiger partial charge in [0.05, 0.1) is 29.6 Å². The normalized spacial score (nSPS) is 15.3. The van der Waals surface area contributed by atoms with E-state index in [-0.39, 0.29) is 17.1 Å². The molecule has 0 saturated heterocycles. The van der Waals surface area contributed by atoms with Gasteiger partial charge in [0.25, 0.3) is 0 Å². The second kappa shape index (κ2) is 6.82. The molecule has 0 bridgehead atoms. The maximum absolute atomic E-state index is 13.0. The number of para-hydroxylation sites is 1. The van der Waals surface area contributed by atoms with Gasteiger partial charge in [-0.05, 0) is 48.4 Å². The summed E-state index contributed by atoms with van der Waals surface area (Å²) in [6.45, 7) is 1.09. The van der Waals surface area contributed by atoms with E-state index in [0.717, 1.165) is 40.0 Å². The number of hydrogen-bond donors (Lipinski definition) is 2. The van der Waals surface area contributed by atoms with E-state index in [9.17, 15) is 15.2 Å². The quantitative estimate of drug-likeness (QED) is 0.656. The third-order valence-corrected chi connectivity index (χ3v) is 5.79. The number of aromatic nitrogens is 1. The summed E-state index contributed by atoms with van der Waals surface area (Å²) < 4.78 is 5.37. The van der Waals surface area contributed by atoms with E-state index < -0.39 is 0 Å². The van der Waals surface area contributed by atoms with Crippen LogP contribution in [0.1, 0.15) is 21.6 Å². The molecule has 0 aliphatic carbocycles. The largest absolute Gasteiger partial charge is 0.507 e. The molecule has 30 heavy (non-hydrogen) atoms. The molecule has 2 N–H and O–H groups in total. The number of aromatic amines is 1. The molecular formula is C24H19N3O3. The van der Waals surface area contributed by atoms with Gasteiger partial charge in [-0.1, -0.05) is 12.1 Å². The van der Waals surface area contributed by atoms with Crippen molar-refractivity contribution in [3.63, 3.8) is 0 Å². The van der Waals surface area contributed by atoms with Gasteiger partial charge in [0.1, 0.15) is 17.6 Å².